The molecule has 4 aromatic carbocycles. The van der Waals surface area contributed by atoms with E-state index >= 15 is 35.1 Å². The molecule has 232 valence electrons. The van der Waals surface area contributed by atoms with Crippen molar-refractivity contribution in [2.24, 2.45) is 0 Å². The third-order valence-electron chi connectivity index (χ3n) is 9.16. The first-order valence-electron chi connectivity index (χ1n) is 13.7. The average Bonchev–Trinajstić information content (AvgIpc) is 2.93. The Hall–Kier alpha value is -3.33. The van der Waals surface area contributed by atoms with Crippen LogP contribution in [0.3, 0.4) is 0 Å². The quantitative estimate of drug-likeness (QED) is 0.0705. The van der Waals surface area contributed by atoms with E-state index in [4.69, 9.17) is 0 Å². The number of halogens is 10. The van der Waals surface area contributed by atoms with Gasteiger partial charge in [-0.2, -0.15) is 0 Å². The monoisotopic (exact) mass is 642 g/mol. The fourth-order valence-electron chi connectivity index (χ4n) is 7.98. The van der Waals surface area contributed by atoms with E-state index < -0.39 is 88.4 Å². The minimum absolute atomic E-state index is 0.0680. The molecule has 5 rings (SSSR count). The predicted molar refractivity (Wildman–Crippen MR) is 155 cm³/mol. The first-order chi connectivity index (χ1) is 20.4. The van der Waals surface area contributed by atoms with Gasteiger partial charge in [-0.25, -0.2) is 43.9 Å². The van der Waals surface area contributed by atoms with Gasteiger partial charge in [-0.15, -0.1) is 0 Å². The Morgan fingerprint density at radius 2 is 0.682 bits per heavy atom. The molecule has 0 radical (unpaired) electrons. The summed E-state index contributed by atoms with van der Waals surface area (Å²) in [5.41, 5.74) is 0.271. The fraction of sp³-hybridized carbons (Fsp3) is 0.250. The first-order valence-corrected chi connectivity index (χ1v) is 15.7. The van der Waals surface area contributed by atoms with Gasteiger partial charge in [-0.05, 0) is 63.8 Å². The zero-order chi connectivity index (χ0) is 32.8. The van der Waals surface area contributed by atoms with Crippen LogP contribution in [0.5, 0.6) is 0 Å². The topological polar surface area (TPSA) is 0 Å². The van der Waals surface area contributed by atoms with Gasteiger partial charge < -0.3 is 0 Å². The normalized spacial score (nSPS) is 15.5. The summed E-state index contributed by atoms with van der Waals surface area (Å²) in [5.74, 6) is -28.0. The van der Waals surface area contributed by atoms with Crippen molar-refractivity contribution in [3.8, 4) is 0 Å². The molecule has 0 N–H and O–H groups in total. The highest BCUT2D eigenvalue weighted by Crippen LogP contribution is 2.75. The Morgan fingerprint density at radius 3 is 0.909 bits per heavy atom. The lowest BCUT2D eigenvalue weighted by atomic mass is 9.34. The molecule has 0 unspecified atom stereocenters. The lowest BCUT2D eigenvalue weighted by Crippen LogP contribution is -2.75. The summed E-state index contributed by atoms with van der Waals surface area (Å²) in [6.45, 7) is 10.0. The van der Waals surface area contributed by atoms with Crippen molar-refractivity contribution < 1.29 is 43.9 Å². The molecule has 0 spiro atoms. The molecule has 0 saturated carbocycles. The molecular weight excluding hydrogens is 616 g/mol. The molecular formula is C32H26BF10P. The van der Waals surface area contributed by atoms with E-state index in [1.54, 1.807) is 65.8 Å². The average molecular weight is 642 g/mol. The Bertz CT molecular complexity index is 1670. The molecule has 1 heterocycles. The second-order valence-corrected chi connectivity index (χ2v) is 15.8. The lowest BCUT2D eigenvalue weighted by Gasteiger charge is -2.61. The molecule has 0 bridgehead atoms. The van der Waals surface area contributed by atoms with Gasteiger partial charge in [0.15, 0.2) is 34.9 Å². The highest BCUT2D eigenvalue weighted by Gasteiger charge is 2.70. The van der Waals surface area contributed by atoms with Crippen molar-refractivity contribution in [1.82, 2.24) is 0 Å². The number of aryl methyl sites for hydroxylation is 6. The molecule has 1 aliphatic rings. The molecule has 0 amide bonds. The number of rotatable bonds is 4. The van der Waals surface area contributed by atoms with Crippen molar-refractivity contribution in [2.45, 2.75) is 47.9 Å². The Morgan fingerprint density at radius 1 is 0.432 bits per heavy atom. The number of benzene rings is 4. The van der Waals surface area contributed by atoms with Gasteiger partial charge >= 0.3 is 0 Å². The SMILES string of the molecule is Cc1cc(C)c([P+]2(c3c(C)cc(C)cc3C)CC[B-]2(c2c(F)c(F)c(F)c(F)c2F)c2c(F)c(F)c(F)c(F)c2F)c(C)c1. The Kier molecular flexibility index (Phi) is 7.76. The van der Waals surface area contributed by atoms with E-state index in [0.29, 0.717) is 32.9 Å². The molecule has 0 nitrogen and oxygen atoms in total. The number of hydrogen-bond acceptors (Lipinski definition) is 0. The van der Waals surface area contributed by atoms with E-state index in [1.165, 1.54) is 0 Å². The summed E-state index contributed by atoms with van der Waals surface area (Å²) >= 11 is 0. The molecule has 44 heavy (non-hydrogen) atoms. The standard InChI is InChI=1S/C32H26BF10P/c1-13-9-15(3)31(16(4)10-13)44(32-17(5)11-14(2)12-18(32)6)8-7-33(44,19-21(34)25(38)29(42)26(39)22(19)35)20-23(36)27(40)30(43)28(41)24(20)37/h9-12H,7-8H2,1-6H3. The van der Waals surface area contributed by atoms with E-state index in [0.717, 1.165) is 11.1 Å². The smallest absolute Gasteiger partial charge is 0.207 e. The van der Waals surface area contributed by atoms with Gasteiger partial charge in [0, 0.05) is 6.16 Å². The van der Waals surface area contributed by atoms with E-state index in [1.807, 2.05) is 0 Å². The summed E-state index contributed by atoms with van der Waals surface area (Å²) < 4.78 is 153. The van der Waals surface area contributed by atoms with Crippen LogP contribution in [0, 0.1) is 99.7 Å². The van der Waals surface area contributed by atoms with Crippen LogP contribution in [-0.2, 0) is 0 Å². The second kappa shape index (κ2) is 10.6. The van der Waals surface area contributed by atoms with Gasteiger partial charge in [0.1, 0.15) is 23.3 Å². The van der Waals surface area contributed by atoms with Crippen molar-refractivity contribution in [3.63, 3.8) is 0 Å². The summed E-state index contributed by atoms with van der Waals surface area (Å²) in [7, 11) is -3.88. The molecule has 1 aliphatic heterocycles. The maximum atomic E-state index is 16.1. The summed E-state index contributed by atoms with van der Waals surface area (Å²) in [6.07, 6.45) is -0.689. The third-order valence-corrected chi connectivity index (χ3v) is 15.4. The van der Waals surface area contributed by atoms with E-state index in [-0.39, 0.29) is 6.16 Å². The van der Waals surface area contributed by atoms with Gasteiger partial charge in [0.25, 0.3) is 0 Å². The van der Waals surface area contributed by atoms with Crippen LogP contribution in [0.1, 0.15) is 33.4 Å². The van der Waals surface area contributed by atoms with Crippen molar-refractivity contribution in [1.29, 1.82) is 0 Å². The Labute approximate surface area is 248 Å². The summed E-state index contributed by atoms with van der Waals surface area (Å²) in [6, 6.07) is 6.77. The predicted octanol–water partition coefficient (Wildman–Crippen LogP) is 7.67. The maximum Gasteiger partial charge on any atom is 0.246 e. The molecule has 0 atom stereocenters. The molecule has 1 saturated heterocycles. The molecule has 0 aliphatic carbocycles. The van der Waals surface area contributed by atoms with Crippen LogP contribution in [-0.4, -0.2) is 12.0 Å². The highest BCUT2D eigenvalue weighted by molar-refractivity contribution is 8.23. The molecule has 0 aromatic heterocycles. The Balaban J connectivity index is 2.18. The molecule has 4 aromatic rings. The van der Waals surface area contributed by atoms with Crippen LogP contribution in [0.2, 0.25) is 6.32 Å². The van der Waals surface area contributed by atoms with Crippen LogP contribution in [0.4, 0.5) is 43.9 Å². The minimum Gasteiger partial charge on any atom is -0.207 e. The van der Waals surface area contributed by atoms with Crippen LogP contribution < -0.4 is 21.5 Å². The minimum atomic E-state index is -3.95. The van der Waals surface area contributed by atoms with E-state index in [2.05, 4.69) is 0 Å². The second-order valence-electron chi connectivity index (χ2n) is 11.8. The third kappa shape index (κ3) is 4.03. The van der Waals surface area contributed by atoms with Crippen LogP contribution in [0.15, 0.2) is 24.3 Å². The van der Waals surface area contributed by atoms with Gasteiger partial charge in [0.2, 0.25) is 5.87 Å². The fourth-order valence-corrected chi connectivity index (χ4v) is 14.9. The van der Waals surface area contributed by atoms with Crippen molar-refractivity contribution in [2.75, 3.05) is 6.16 Å². The summed E-state index contributed by atoms with van der Waals surface area (Å²) in [5, 5.41) is 0.689. The van der Waals surface area contributed by atoms with Gasteiger partial charge in [-0.1, -0.05) is 59.8 Å². The van der Waals surface area contributed by atoms with Gasteiger partial charge in [0.05, 0.1) is 10.6 Å². The first kappa shape index (κ1) is 32.1. The van der Waals surface area contributed by atoms with E-state index in [9.17, 15) is 8.78 Å². The highest BCUT2D eigenvalue weighted by atomic mass is 31.2. The van der Waals surface area contributed by atoms with Crippen molar-refractivity contribution in [3.05, 3.63) is 116 Å². The lowest BCUT2D eigenvalue weighted by molar-refractivity contribution is 0.381. The molecule has 1 fully saturated rings. The van der Waals surface area contributed by atoms with Gasteiger partial charge in [-0.3, -0.25) is 0 Å². The van der Waals surface area contributed by atoms with Crippen molar-refractivity contribution >= 4 is 34.5 Å². The number of hydrogen-bond donors (Lipinski definition) is 0. The summed E-state index contributed by atoms with van der Waals surface area (Å²) in [4.78, 5) is 0. The largest absolute Gasteiger partial charge is 0.246 e. The molecule has 12 heteroatoms. The van der Waals surface area contributed by atoms with Crippen LogP contribution >= 0.6 is 7.14 Å². The maximum absolute atomic E-state index is 16.1. The zero-order valence-electron chi connectivity index (χ0n) is 24.5. The van der Waals surface area contributed by atoms with Crippen LogP contribution in [0.25, 0.3) is 0 Å². The zero-order valence-corrected chi connectivity index (χ0v) is 25.4.